The molecule has 1 amide bonds. The molecule has 6 nitrogen and oxygen atoms in total. The first-order valence-electron chi connectivity index (χ1n) is 9.48. The molecule has 0 saturated carbocycles. The minimum absolute atomic E-state index is 0.123. The van der Waals surface area contributed by atoms with Crippen LogP contribution in [-0.2, 0) is 16.1 Å². The summed E-state index contributed by atoms with van der Waals surface area (Å²) in [5.41, 5.74) is 2.93. The van der Waals surface area contributed by atoms with Gasteiger partial charge >= 0.3 is 5.97 Å². The van der Waals surface area contributed by atoms with Crippen molar-refractivity contribution in [3.8, 4) is 0 Å². The number of esters is 1. The van der Waals surface area contributed by atoms with E-state index in [-0.39, 0.29) is 12.5 Å². The number of likely N-dealkylation sites (tertiary alicyclic amines) is 1. The van der Waals surface area contributed by atoms with E-state index in [1.807, 2.05) is 37.3 Å². The van der Waals surface area contributed by atoms with Crippen molar-refractivity contribution in [3.63, 3.8) is 0 Å². The van der Waals surface area contributed by atoms with Crippen molar-refractivity contribution in [1.82, 2.24) is 14.7 Å². The summed E-state index contributed by atoms with van der Waals surface area (Å²) >= 11 is 0. The Morgan fingerprint density at radius 2 is 1.96 bits per heavy atom. The predicted molar refractivity (Wildman–Crippen MR) is 103 cm³/mol. The minimum Gasteiger partial charge on any atom is -0.452 e. The van der Waals surface area contributed by atoms with Gasteiger partial charge in [0.15, 0.2) is 6.61 Å². The van der Waals surface area contributed by atoms with Crippen LogP contribution < -0.4 is 0 Å². The van der Waals surface area contributed by atoms with Gasteiger partial charge in [0.1, 0.15) is 5.56 Å². The summed E-state index contributed by atoms with van der Waals surface area (Å²) in [5, 5.41) is 4.47. The lowest BCUT2D eigenvalue weighted by Crippen LogP contribution is -2.41. The normalized spacial score (nSPS) is 17.0. The Bertz CT molecular complexity index is 814. The summed E-state index contributed by atoms with van der Waals surface area (Å²) in [6.07, 6.45) is 2.15. The zero-order valence-electron chi connectivity index (χ0n) is 16.3. The van der Waals surface area contributed by atoms with Crippen LogP contribution in [0.25, 0.3) is 0 Å². The Balaban J connectivity index is 1.63. The number of benzene rings is 1. The van der Waals surface area contributed by atoms with Crippen LogP contribution in [0.2, 0.25) is 0 Å². The molecule has 1 fully saturated rings. The molecule has 0 bridgehead atoms. The van der Waals surface area contributed by atoms with Gasteiger partial charge in [0.2, 0.25) is 0 Å². The highest BCUT2D eigenvalue weighted by Gasteiger charge is 2.24. The highest BCUT2D eigenvalue weighted by atomic mass is 16.5. The predicted octanol–water partition coefficient (Wildman–Crippen LogP) is 2.96. The summed E-state index contributed by atoms with van der Waals surface area (Å²) in [5.74, 6) is -0.108. The lowest BCUT2D eigenvalue weighted by atomic mass is 10.0. The Labute approximate surface area is 160 Å². The molecular weight excluding hydrogens is 342 g/mol. The molecule has 27 heavy (non-hydrogen) atoms. The van der Waals surface area contributed by atoms with Crippen molar-refractivity contribution >= 4 is 11.9 Å². The van der Waals surface area contributed by atoms with Crippen molar-refractivity contribution in [2.24, 2.45) is 5.92 Å². The molecule has 1 unspecified atom stereocenters. The Morgan fingerprint density at radius 1 is 1.22 bits per heavy atom. The van der Waals surface area contributed by atoms with Crippen molar-refractivity contribution in [2.75, 3.05) is 19.7 Å². The van der Waals surface area contributed by atoms with Gasteiger partial charge in [0.25, 0.3) is 5.91 Å². The average Bonchev–Trinajstić information content (AvgIpc) is 2.93. The number of hydrogen-bond acceptors (Lipinski definition) is 4. The molecule has 2 aromatic rings. The van der Waals surface area contributed by atoms with E-state index < -0.39 is 5.97 Å². The molecule has 3 rings (SSSR count). The summed E-state index contributed by atoms with van der Waals surface area (Å²) < 4.78 is 7.12. The third-order valence-electron chi connectivity index (χ3n) is 5.10. The number of piperidine rings is 1. The molecule has 1 saturated heterocycles. The summed E-state index contributed by atoms with van der Waals surface area (Å²) in [6, 6.07) is 9.96. The van der Waals surface area contributed by atoms with Crippen LogP contribution in [-0.4, -0.2) is 46.3 Å². The van der Waals surface area contributed by atoms with Crippen LogP contribution in [0.3, 0.4) is 0 Å². The van der Waals surface area contributed by atoms with Gasteiger partial charge in [-0.2, -0.15) is 5.10 Å². The third kappa shape index (κ3) is 4.56. The summed E-state index contributed by atoms with van der Waals surface area (Å²) in [6.45, 7) is 7.64. The standard InChI is InChI=1S/C21H27N3O3/c1-15-8-7-11-23(12-15)19(25)14-27-21(26)20-16(2)22-24(17(20)3)13-18-9-5-4-6-10-18/h4-6,9-10,15H,7-8,11-14H2,1-3H3. The molecule has 1 atom stereocenters. The van der Waals surface area contributed by atoms with Gasteiger partial charge < -0.3 is 9.64 Å². The van der Waals surface area contributed by atoms with Gasteiger partial charge in [-0.05, 0) is 38.2 Å². The van der Waals surface area contributed by atoms with Gasteiger partial charge in [-0.25, -0.2) is 4.79 Å². The highest BCUT2D eigenvalue weighted by Crippen LogP contribution is 2.18. The maximum Gasteiger partial charge on any atom is 0.342 e. The number of aryl methyl sites for hydroxylation is 1. The molecule has 0 radical (unpaired) electrons. The number of amides is 1. The van der Waals surface area contributed by atoms with Crippen molar-refractivity contribution < 1.29 is 14.3 Å². The number of carbonyl (C=O) groups is 2. The highest BCUT2D eigenvalue weighted by molar-refractivity contribution is 5.93. The fraction of sp³-hybridized carbons (Fsp3) is 0.476. The van der Waals surface area contributed by atoms with E-state index in [1.54, 1.807) is 16.5 Å². The number of hydrogen-bond donors (Lipinski definition) is 0. The van der Waals surface area contributed by atoms with Crippen LogP contribution in [0.1, 0.15) is 47.1 Å². The van der Waals surface area contributed by atoms with Gasteiger partial charge in [-0.1, -0.05) is 37.3 Å². The molecule has 144 valence electrons. The minimum atomic E-state index is -0.484. The second kappa shape index (κ2) is 8.37. The number of aromatic nitrogens is 2. The molecule has 0 aliphatic carbocycles. The van der Waals surface area contributed by atoms with E-state index in [0.29, 0.717) is 23.7 Å². The maximum absolute atomic E-state index is 12.6. The Kier molecular flexibility index (Phi) is 5.94. The van der Waals surface area contributed by atoms with Gasteiger partial charge in [0, 0.05) is 13.1 Å². The Morgan fingerprint density at radius 3 is 2.67 bits per heavy atom. The molecule has 6 heteroatoms. The van der Waals surface area contributed by atoms with Crippen LogP contribution in [0.15, 0.2) is 30.3 Å². The number of carbonyl (C=O) groups excluding carboxylic acids is 2. The first kappa shape index (κ1) is 19.1. The summed E-state index contributed by atoms with van der Waals surface area (Å²) in [4.78, 5) is 26.7. The SMILES string of the molecule is Cc1nn(Cc2ccccc2)c(C)c1C(=O)OCC(=O)N1CCCC(C)C1. The third-order valence-corrected chi connectivity index (χ3v) is 5.10. The second-order valence-corrected chi connectivity index (χ2v) is 7.35. The lowest BCUT2D eigenvalue weighted by Gasteiger charge is -2.30. The quantitative estimate of drug-likeness (QED) is 0.760. The average molecular weight is 369 g/mol. The molecule has 1 aliphatic heterocycles. The molecule has 1 aliphatic rings. The molecular formula is C21H27N3O3. The van der Waals surface area contributed by atoms with E-state index in [4.69, 9.17) is 4.74 Å². The molecule has 2 heterocycles. The molecule has 1 aromatic heterocycles. The zero-order valence-corrected chi connectivity index (χ0v) is 16.3. The fourth-order valence-electron chi connectivity index (χ4n) is 3.61. The summed E-state index contributed by atoms with van der Waals surface area (Å²) in [7, 11) is 0. The Hall–Kier alpha value is -2.63. The van der Waals surface area contributed by atoms with Crippen LogP contribution >= 0.6 is 0 Å². The number of ether oxygens (including phenoxy) is 1. The number of rotatable bonds is 5. The van der Waals surface area contributed by atoms with E-state index in [9.17, 15) is 9.59 Å². The largest absolute Gasteiger partial charge is 0.452 e. The first-order chi connectivity index (χ1) is 13.0. The fourth-order valence-corrected chi connectivity index (χ4v) is 3.61. The van der Waals surface area contributed by atoms with Crippen molar-refractivity contribution in [2.45, 2.75) is 40.2 Å². The van der Waals surface area contributed by atoms with Crippen molar-refractivity contribution in [1.29, 1.82) is 0 Å². The zero-order chi connectivity index (χ0) is 19.4. The van der Waals surface area contributed by atoms with Gasteiger partial charge in [0.05, 0.1) is 17.9 Å². The van der Waals surface area contributed by atoms with Crippen LogP contribution in [0, 0.1) is 19.8 Å². The topological polar surface area (TPSA) is 64.4 Å². The number of nitrogens with zero attached hydrogens (tertiary/aromatic N) is 3. The van der Waals surface area contributed by atoms with Crippen LogP contribution in [0.4, 0.5) is 0 Å². The molecule has 1 aromatic carbocycles. The molecule has 0 N–H and O–H groups in total. The van der Waals surface area contributed by atoms with Gasteiger partial charge in [-0.15, -0.1) is 0 Å². The smallest absolute Gasteiger partial charge is 0.342 e. The second-order valence-electron chi connectivity index (χ2n) is 7.35. The van der Waals surface area contributed by atoms with Gasteiger partial charge in [-0.3, -0.25) is 9.48 Å². The molecule has 0 spiro atoms. The monoisotopic (exact) mass is 369 g/mol. The maximum atomic E-state index is 12.6. The van der Waals surface area contributed by atoms with E-state index in [0.717, 1.165) is 37.2 Å². The van der Waals surface area contributed by atoms with E-state index in [1.165, 1.54) is 0 Å². The van der Waals surface area contributed by atoms with Crippen molar-refractivity contribution in [3.05, 3.63) is 52.8 Å². The van der Waals surface area contributed by atoms with E-state index in [2.05, 4.69) is 12.0 Å². The van der Waals surface area contributed by atoms with Crippen LogP contribution in [0.5, 0.6) is 0 Å². The first-order valence-corrected chi connectivity index (χ1v) is 9.48. The lowest BCUT2D eigenvalue weighted by molar-refractivity contribution is -0.136. The van der Waals surface area contributed by atoms with E-state index >= 15 is 0 Å².